The lowest BCUT2D eigenvalue weighted by Crippen LogP contribution is -2.46. The molecule has 0 spiro atoms. The van der Waals surface area contributed by atoms with Crippen LogP contribution in [0.1, 0.15) is 5.76 Å². The lowest BCUT2D eigenvalue weighted by Gasteiger charge is -2.18. The summed E-state index contributed by atoms with van der Waals surface area (Å²) in [6, 6.07) is 3.40. The average Bonchev–Trinajstić information content (AvgIpc) is 3.25. The van der Waals surface area contributed by atoms with Crippen LogP contribution in [-0.2, 0) is 24.5 Å². The second-order valence-corrected chi connectivity index (χ2v) is 12.3. The van der Waals surface area contributed by atoms with Gasteiger partial charge in [0.1, 0.15) is 9.97 Å². The van der Waals surface area contributed by atoms with Gasteiger partial charge < -0.3 is 15.2 Å². The molecule has 0 aliphatic carbocycles. The summed E-state index contributed by atoms with van der Waals surface area (Å²) < 4.78 is 54.8. The molecule has 3 heterocycles. The van der Waals surface area contributed by atoms with Gasteiger partial charge in [0.05, 0.1) is 27.6 Å². The quantitative estimate of drug-likeness (QED) is 0.657. The van der Waals surface area contributed by atoms with Gasteiger partial charge in [-0.1, -0.05) is 16.8 Å². The molecule has 148 valence electrons. The van der Waals surface area contributed by atoms with Gasteiger partial charge in [-0.3, -0.25) is 4.79 Å². The van der Waals surface area contributed by atoms with E-state index < -0.39 is 42.6 Å². The molecule has 0 saturated carbocycles. The molecule has 2 N–H and O–H groups in total. The number of nitrogens with one attached hydrogen (secondary N) is 2. The molecule has 3 rings (SSSR count). The molecule has 13 heteroatoms. The van der Waals surface area contributed by atoms with Gasteiger partial charge in [0.15, 0.2) is 25.5 Å². The number of amides is 1. The highest BCUT2D eigenvalue weighted by atomic mass is 35.5. The number of halogens is 1. The summed E-state index contributed by atoms with van der Waals surface area (Å²) in [5, 5.41) is 7.64. The lowest BCUT2D eigenvalue weighted by molar-refractivity contribution is -0.115. The van der Waals surface area contributed by atoms with E-state index in [2.05, 4.69) is 15.8 Å². The molecular weight excluding hydrogens is 438 g/mol. The molecular formula is C14H16ClN3O6S3. The summed E-state index contributed by atoms with van der Waals surface area (Å²) in [6.07, 6.45) is 0. The van der Waals surface area contributed by atoms with Crippen LogP contribution in [0.4, 0.5) is 5.82 Å². The van der Waals surface area contributed by atoms with Gasteiger partial charge in [0.2, 0.25) is 5.91 Å². The number of sulfone groups is 2. The van der Waals surface area contributed by atoms with E-state index in [1.165, 1.54) is 18.2 Å². The molecule has 0 bridgehead atoms. The SMILES string of the molecule is Cc1cc(NC(=O)CN[C@H]2CS(=O)(=O)C[C@@H]2S(=O)(=O)c2ccc(Cl)s2)no1. The minimum absolute atomic E-state index is 0.00363. The third-order valence-corrected chi connectivity index (χ3v) is 9.86. The van der Waals surface area contributed by atoms with Crippen LogP contribution in [-0.4, -0.2) is 57.2 Å². The maximum absolute atomic E-state index is 12.8. The number of aryl methyl sites for hydroxylation is 1. The van der Waals surface area contributed by atoms with Crippen LogP contribution in [0.25, 0.3) is 0 Å². The Bertz CT molecular complexity index is 1060. The van der Waals surface area contributed by atoms with Crippen molar-refractivity contribution in [1.82, 2.24) is 10.5 Å². The summed E-state index contributed by atoms with van der Waals surface area (Å²) in [5.41, 5.74) is 0. The number of carbonyl (C=O) groups excluding carboxylic acids is 1. The topological polar surface area (TPSA) is 135 Å². The molecule has 0 unspecified atom stereocenters. The zero-order valence-corrected chi connectivity index (χ0v) is 17.2. The number of thiophene rings is 1. The molecule has 0 aromatic carbocycles. The molecule has 1 saturated heterocycles. The highest BCUT2D eigenvalue weighted by molar-refractivity contribution is 7.97. The summed E-state index contributed by atoms with van der Waals surface area (Å²) in [6.45, 7) is 1.39. The molecule has 0 radical (unpaired) electrons. The predicted molar refractivity (Wildman–Crippen MR) is 101 cm³/mol. The van der Waals surface area contributed by atoms with E-state index in [4.69, 9.17) is 16.1 Å². The zero-order valence-electron chi connectivity index (χ0n) is 14.0. The van der Waals surface area contributed by atoms with Crippen LogP contribution < -0.4 is 10.6 Å². The normalized spacial score (nSPS) is 22.0. The van der Waals surface area contributed by atoms with E-state index in [0.29, 0.717) is 10.1 Å². The van der Waals surface area contributed by atoms with E-state index in [0.717, 1.165) is 11.3 Å². The van der Waals surface area contributed by atoms with Gasteiger partial charge in [-0.05, 0) is 19.1 Å². The average molecular weight is 454 g/mol. The first-order chi connectivity index (χ1) is 12.6. The smallest absolute Gasteiger partial charge is 0.239 e. The van der Waals surface area contributed by atoms with Crippen molar-refractivity contribution in [3.63, 3.8) is 0 Å². The molecule has 2 atom stereocenters. The van der Waals surface area contributed by atoms with Crippen LogP contribution in [0.15, 0.2) is 26.9 Å². The maximum atomic E-state index is 12.8. The van der Waals surface area contributed by atoms with Crippen molar-refractivity contribution in [1.29, 1.82) is 0 Å². The number of nitrogens with zero attached hydrogens (tertiary/aromatic N) is 1. The van der Waals surface area contributed by atoms with Gasteiger partial charge in [-0.15, -0.1) is 11.3 Å². The Hall–Kier alpha value is -1.47. The fourth-order valence-corrected chi connectivity index (χ4v) is 9.17. The Balaban J connectivity index is 1.71. The summed E-state index contributed by atoms with van der Waals surface area (Å²) in [7, 11) is -7.47. The van der Waals surface area contributed by atoms with Crippen LogP contribution in [0.5, 0.6) is 0 Å². The second kappa shape index (κ2) is 7.51. The van der Waals surface area contributed by atoms with Crippen LogP contribution in [0, 0.1) is 6.92 Å². The number of hydrogen-bond donors (Lipinski definition) is 2. The van der Waals surface area contributed by atoms with E-state index in [9.17, 15) is 21.6 Å². The predicted octanol–water partition coefficient (Wildman–Crippen LogP) is 0.866. The number of carbonyl (C=O) groups is 1. The first-order valence-electron chi connectivity index (χ1n) is 7.73. The monoisotopic (exact) mass is 453 g/mol. The Morgan fingerprint density at radius 2 is 2.15 bits per heavy atom. The molecule has 1 fully saturated rings. The molecule has 1 amide bonds. The first-order valence-corrected chi connectivity index (χ1v) is 12.3. The molecule has 1 aliphatic rings. The lowest BCUT2D eigenvalue weighted by atomic mass is 10.2. The largest absolute Gasteiger partial charge is 0.360 e. The highest BCUT2D eigenvalue weighted by Crippen LogP contribution is 2.32. The number of hydrogen-bond acceptors (Lipinski definition) is 9. The van der Waals surface area contributed by atoms with Crippen molar-refractivity contribution in [3.05, 3.63) is 28.3 Å². The van der Waals surface area contributed by atoms with Crippen LogP contribution in [0.2, 0.25) is 4.34 Å². The number of anilines is 1. The van der Waals surface area contributed by atoms with E-state index >= 15 is 0 Å². The van der Waals surface area contributed by atoms with Crippen molar-refractivity contribution < 1.29 is 26.2 Å². The van der Waals surface area contributed by atoms with Crippen molar-refractivity contribution >= 4 is 54.3 Å². The van der Waals surface area contributed by atoms with Crippen molar-refractivity contribution in [2.75, 3.05) is 23.4 Å². The first kappa shape index (κ1) is 20.3. The Labute approximate surface area is 164 Å². The molecule has 27 heavy (non-hydrogen) atoms. The van der Waals surface area contributed by atoms with Gasteiger partial charge in [-0.25, -0.2) is 16.8 Å². The van der Waals surface area contributed by atoms with Crippen LogP contribution in [0.3, 0.4) is 0 Å². The van der Waals surface area contributed by atoms with Crippen molar-refractivity contribution in [2.24, 2.45) is 0 Å². The third kappa shape index (κ3) is 4.69. The van der Waals surface area contributed by atoms with Gasteiger partial charge in [0.25, 0.3) is 0 Å². The minimum atomic E-state index is -3.91. The molecule has 2 aromatic heterocycles. The van der Waals surface area contributed by atoms with E-state index in [1.807, 2.05) is 0 Å². The highest BCUT2D eigenvalue weighted by Gasteiger charge is 2.46. The van der Waals surface area contributed by atoms with E-state index in [-0.39, 0.29) is 22.3 Å². The van der Waals surface area contributed by atoms with Crippen molar-refractivity contribution in [2.45, 2.75) is 22.4 Å². The zero-order chi connectivity index (χ0) is 19.8. The fraction of sp³-hybridized carbons (Fsp3) is 0.429. The van der Waals surface area contributed by atoms with Crippen LogP contribution >= 0.6 is 22.9 Å². The molecule has 9 nitrogen and oxygen atoms in total. The molecule has 1 aliphatic heterocycles. The van der Waals surface area contributed by atoms with Gasteiger partial charge in [0, 0.05) is 12.1 Å². The van der Waals surface area contributed by atoms with Gasteiger partial charge in [-0.2, -0.15) is 0 Å². The Kier molecular flexibility index (Phi) is 5.64. The standard InChI is InChI=1S/C14H16ClN3O6S3/c1-8-4-12(18-24-8)17-13(19)5-16-9-6-26(20,21)7-10(9)27(22,23)14-3-2-11(15)25-14/h2-4,9-10,16H,5-7H2,1H3,(H,17,18,19)/t9-,10-/m0/s1. The summed E-state index contributed by atoms with van der Waals surface area (Å²) in [4.78, 5) is 12.0. The minimum Gasteiger partial charge on any atom is -0.360 e. The Morgan fingerprint density at radius 1 is 1.41 bits per heavy atom. The van der Waals surface area contributed by atoms with E-state index in [1.54, 1.807) is 6.92 Å². The summed E-state index contributed by atoms with van der Waals surface area (Å²) in [5.74, 6) is -0.640. The van der Waals surface area contributed by atoms with Gasteiger partial charge >= 0.3 is 0 Å². The number of aromatic nitrogens is 1. The third-order valence-electron chi connectivity index (χ3n) is 3.95. The fourth-order valence-electron chi connectivity index (χ4n) is 2.75. The van der Waals surface area contributed by atoms with Crippen molar-refractivity contribution in [3.8, 4) is 0 Å². The maximum Gasteiger partial charge on any atom is 0.239 e. The second-order valence-electron chi connectivity index (χ2n) is 6.08. The molecule has 2 aromatic rings. The Morgan fingerprint density at radius 3 is 2.74 bits per heavy atom. The number of rotatable bonds is 6. The summed E-state index contributed by atoms with van der Waals surface area (Å²) >= 11 is 6.67.